The van der Waals surface area contributed by atoms with Crippen molar-refractivity contribution in [2.24, 2.45) is 0 Å². The predicted molar refractivity (Wildman–Crippen MR) is 86.7 cm³/mol. The summed E-state index contributed by atoms with van der Waals surface area (Å²) in [5.74, 6) is 1.57. The first kappa shape index (κ1) is 13.8. The molecule has 0 aliphatic carbocycles. The van der Waals surface area contributed by atoms with Crippen molar-refractivity contribution in [2.45, 2.75) is 18.8 Å². The molecule has 0 saturated heterocycles. The van der Waals surface area contributed by atoms with Crippen LogP contribution in [0.2, 0.25) is 0 Å². The third-order valence-corrected chi connectivity index (χ3v) is 4.16. The molecule has 0 aromatic heterocycles. The molecular weight excluding hydrogens is 338 g/mol. The van der Waals surface area contributed by atoms with E-state index in [1.165, 1.54) is 11.1 Å². The van der Waals surface area contributed by atoms with Gasteiger partial charge in [0.05, 0.1) is 6.61 Å². The third kappa shape index (κ3) is 2.94. The molecule has 1 aliphatic heterocycles. The molecule has 1 heterocycles. The summed E-state index contributed by atoms with van der Waals surface area (Å²) in [7, 11) is 0. The van der Waals surface area contributed by atoms with Crippen LogP contribution >= 0.6 is 27.5 Å². The fraction of sp³-hybridized carbons (Fsp3) is 0.250. The molecule has 0 fully saturated rings. The first-order chi connectivity index (χ1) is 9.76. The fourth-order valence-electron chi connectivity index (χ4n) is 2.44. The number of fused-ring (bicyclic) bond motifs is 1. The highest BCUT2D eigenvalue weighted by Crippen LogP contribution is 2.33. The molecule has 0 atom stereocenters. The van der Waals surface area contributed by atoms with E-state index in [2.05, 4.69) is 45.5 Å². The Labute approximate surface area is 132 Å². The van der Waals surface area contributed by atoms with Gasteiger partial charge in [0.25, 0.3) is 0 Å². The van der Waals surface area contributed by atoms with E-state index in [9.17, 15) is 0 Å². The minimum Gasteiger partial charge on any atom is -0.493 e. The van der Waals surface area contributed by atoms with Gasteiger partial charge >= 0.3 is 0 Å². The number of benzene rings is 2. The van der Waals surface area contributed by atoms with Gasteiger partial charge in [-0.3, -0.25) is 0 Å². The SMILES string of the molecule is ClCc1cccc(NCc2cc(Br)cc3c2OCC3)c1. The van der Waals surface area contributed by atoms with E-state index in [-0.39, 0.29) is 0 Å². The van der Waals surface area contributed by atoms with Gasteiger partial charge in [-0.25, -0.2) is 0 Å². The maximum Gasteiger partial charge on any atom is 0.127 e. The van der Waals surface area contributed by atoms with Crippen LogP contribution in [0, 0.1) is 0 Å². The predicted octanol–water partition coefficient (Wildman–Crippen LogP) is 4.73. The smallest absolute Gasteiger partial charge is 0.127 e. The van der Waals surface area contributed by atoms with E-state index in [0.717, 1.165) is 41.0 Å². The largest absolute Gasteiger partial charge is 0.493 e. The lowest BCUT2D eigenvalue weighted by molar-refractivity contribution is 0.354. The van der Waals surface area contributed by atoms with Crippen LogP contribution in [0.3, 0.4) is 0 Å². The highest BCUT2D eigenvalue weighted by molar-refractivity contribution is 9.10. The van der Waals surface area contributed by atoms with Crippen molar-refractivity contribution in [1.29, 1.82) is 0 Å². The molecule has 0 unspecified atom stereocenters. The van der Waals surface area contributed by atoms with Gasteiger partial charge in [0.2, 0.25) is 0 Å². The summed E-state index contributed by atoms with van der Waals surface area (Å²) < 4.78 is 6.84. The summed E-state index contributed by atoms with van der Waals surface area (Å²) in [5.41, 5.74) is 4.66. The normalized spacial score (nSPS) is 12.9. The lowest BCUT2D eigenvalue weighted by Crippen LogP contribution is -2.02. The van der Waals surface area contributed by atoms with Crippen molar-refractivity contribution < 1.29 is 4.74 Å². The second-order valence-corrected chi connectivity index (χ2v) is 6.02. The van der Waals surface area contributed by atoms with Gasteiger partial charge in [-0.2, -0.15) is 0 Å². The summed E-state index contributed by atoms with van der Waals surface area (Å²) in [6, 6.07) is 12.4. The van der Waals surface area contributed by atoms with E-state index in [1.54, 1.807) is 0 Å². The zero-order chi connectivity index (χ0) is 13.9. The number of hydrogen-bond donors (Lipinski definition) is 1. The van der Waals surface area contributed by atoms with Crippen LogP contribution in [-0.4, -0.2) is 6.61 Å². The zero-order valence-electron chi connectivity index (χ0n) is 11.0. The molecule has 0 saturated carbocycles. The molecule has 1 N–H and O–H groups in total. The Morgan fingerprint density at radius 1 is 1.25 bits per heavy atom. The number of rotatable bonds is 4. The van der Waals surface area contributed by atoms with Crippen molar-refractivity contribution in [2.75, 3.05) is 11.9 Å². The molecule has 2 nitrogen and oxygen atoms in total. The first-order valence-corrected chi connectivity index (χ1v) is 7.92. The van der Waals surface area contributed by atoms with Gasteiger partial charge in [-0.15, -0.1) is 11.6 Å². The second-order valence-electron chi connectivity index (χ2n) is 4.84. The van der Waals surface area contributed by atoms with Crippen LogP contribution in [-0.2, 0) is 18.8 Å². The van der Waals surface area contributed by atoms with Crippen LogP contribution in [0.15, 0.2) is 40.9 Å². The molecule has 0 spiro atoms. The van der Waals surface area contributed by atoms with Crippen molar-refractivity contribution in [3.05, 3.63) is 57.6 Å². The van der Waals surface area contributed by atoms with E-state index in [4.69, 9.17) is 16.3 Å². The monoisotopic (exact) mass is 351 g/mol. The highest BCUT2D eigenvalue weighted by Gasteiger charge is 2.17. The molecule has 20 heavy (non-hydrogen) atoms. The number of anilines is 1. The van der Waals surface area contributed by atoms with E-state index in [0.29, 0.717) is 5.88 Å². The van der Waals surface area contributed by atoms with Gasteiger partial charge in [0.1, 0.15) is 5.75 Å². The molecule has 0 radical (unpaired) electrons. The van der Waals surface area contributed by atoms with Gasteiger partial charge < -0.3 is 10.1 Å². The van der Waals surface area contributed by atoms with Crippen LogP contribution in [0.4, 0.5) is 5.69 Å². The third-order valence-electron chi connectivity index (χ3n) is 3.39. The summed E-state index contributed by atoms with van der Waals surface area (Å²) >= 11 is 9.42. The molecular formula is C16H15BrClNO. The lowest BCUT2D eigenvalue weighted by atomic mass is 10.1. The minimum absolute atomic E-state index is 0.533. The number of ether oxygens (including phenoxy) is 1. The summed E-state index contributed by atoms with van der Waals surface area (Å²) in [6.07, 6.45) is 0.990. The molecule has 4 heteroatoms. The fourth-order valence-corrected chi connectivity index (χ4v) is 3.16. The molecule has 1 aliphatic rings. The Morgan fingerprint density at radius 2 is 2.15 bits per heavy atom. The zero-order valence-corrected chi connectivity index (χ0v) is 13.3. The lowest BCUT2D eigenvalue weighted by Gasteiger charge is -2.12. The summed E-state index contributed by atoms with van der Waals surface area (Å²) in [5, 5.41) is 3.43. The van der Waals surface area contributed by atoms with Crippen LogP contribution in [0.5, 0.6) is 5.75 Å². The van der Waals surface area contributed by atoms with Gasteiger partial charge in [-0.1, -0.05) is 28.1 Å². The Morgan fingerprint density at radius 3 is 3.00 bits per heavy atom. The number of hydrogen-bond acceptors (Lipinski definition) is 2. The standard InChI is InChI=1S/C16H15BrClNO/c17-14-7-12-4-5-20-16(12)13(8-14)10-19-15-3-1-2-11(6-15)9-18/h1-3,6-8,19H,4-5,9-10H2. The Bertz CT molecular complexity index is 630. The van der Waals surface area contributed by atoms with Crippen LogP contribution in [0.25, 0.3) is 0 Å². The Hall–Kier alpha value is -1.19. The van der Waals surface area contributed by atoms with Gasteiger partial charge in [0.15, 0.2) is 0 Å². The summed E-state index contributed by atoms with van der Waals surface area (Å²) in [4.78, 5) is 0. The molecule has 104 valence electrons. The van der Waals surface area contributed by atoms with Crippen LogP contribution in [0.1, 0.15) is 16.7 Å². The number of nitrogens with one attached hydrogen (secondary N) is 1. The molecule has 0 bridgehead atoms. The van der Waals surface area contributed by atoms with E-state index in [1.807, 2.05) is 12.1 Å². The van der Waals surface area contributed by atoms with Gasteiger partial charge in [-0.05, 0) is 35.4 Å². The maximum atomic E-state index is 5.86. The average molecular weight is 353 g/mol. The highest BCUT2D eigenvalue weighted by atomic mass is 79.9. The van der Waals surface area contributed by atoms with Crippen molar-refractivity contribution in [3.63, 3.8) is 0 Å². The van der Waals surface area contributed by atoms with E-state index < -0.39 is 0 Å². The molecule has 2 aromatic rings. The second kappa shape index (κ2) is 6.06. The van der Waals surface area contributed by atoms with Crippen molar-refractivity contribution in [1.82, 2.24) is 0 Å². The first-order valence-electron chi connectivity index (χ1n) is 6.59. The quantitative estimate of drug-likeness (QED) is 0.803. The molecule has 0 amide bonds. The summed E-state index contributed by atoms with van der Waals surface area (Å²) in [6.45, 7) is 1.52. The topological polar surface area (TPSA) is 21.3 Å². The average Bonchev–Trinajstić information content (AvgIpc) is 2.93. The Balaban J connectivity index is 1.78. The number of alkyl halides is 1. The van der Waals surface area contributed by atoms with E-state index >= 15 is 0 Å². The van der Waals surface area contributed by atoms with Gasteiger partial charge in [0, 0.05) is 34.6 Å². The van der Waals surface area contributed by atoms with Crippen molar-refractivity contribution >= 4 is 33.2 Å². The minimum atomic E-state index is 0.533. The van der Waals surface area contributed by atoms with Crippen LogP contribution < -0.4 is 10.1 Å². The number of halogens is 2. The molecule has 2 aromatic carbocycles. The Kier molecular flexibility index (Phi) is 4.18. The van der Waals surface area contributed by atoms with Crippen molar-refractivity contribution in [3.8, 4) is 5.75 Å². The maximum absolute atomic E-state index is 5.86. The molecule has 3 rings (SSSR count).